The Balaban J connectivity index is 2.37. The summed E-state index contributed by atoms with van der Waals surface area (Å²) in [7, 11) is 0. The number of hydrogen-bond acceptors (Lipinski definition) is 2. The predicted molar refractivity (Wildman–Crippen MR) is 75.1 cm³/mol. The van der Waals surface area contributed by atoms with Crippen molar-refractivity contribution >= 4 is 37.5 Å². The first-order valence-electron chi connectivity index (χ1n) is 5.13. The molecule has 4 heteroatoms. The average Bonchev–Trinajstić information content (AvgIpc) is 2.69. The molecule has 0 aliphatic heterocycles. The molecule has 0 spiro atoms. The van der Waals surface area contributed by atoms with Crippen molar-refractivity contribution in [3.63, 3.8) is 0 Å². The fraction of sp³-hybridized carbons (Fsp3) is 0. The van der Waals surface area contributed by atoms with Crippen molar-refractivity contribution in [1.82, 2.24) is 3.96 Å². The maximum absolute atomic E-state index is 12.3. The van der Waals surface area contributed by atoms with Crippen molar-refractivity contribution in [2.75, 3.05) is 0 Å². The Labute approximate surface area is 110 Å². The van der Waals surface area contributed by atoms with Crippen molar-refractivity contribution in [3.05, 3.63) is 63.4 Å². The SMILES string of the molecule is O=c1c2c(Br)cccc2sn1-c1ccccc1. The zero-order valence-corrected chi connectivity index (χ0v) is 11.2. The van der Waals surface area contributed by atoms with Gasteiger partial charge in [-0.15, -0.1) is 0 Å². The molecule has 0 bridgehead atoms. The number of aromatic nitrogens is 1. The summed E-state index contributed by atoms with van der Waals surface area (Å²) in [4.78, 5) is 12.3. The summed E-state index contributed by atoms with van der Waals surface area (Å²) < 4.78 is 3.56. The number of benzene rings is 2. The van der Waals surface area contributed by atoms with Gasteiger partial charge in [0.25, 0.3) is 5.56 Å². The molecule has 0 atom stereocenters. The van der Waals surface area contributed by atoms with E-state index in [1.54, 1.807) is 3.96 Å². The van der Waals surface area contributed by atoms with Crippen molar-refractivity contribution in [2.45, 2.75) is 0 Å². The number of rotatable bonds is 1. The first-order valence-corrected chi connectivity index (χ1v) is 6.70. The molecule has 0 saturated heterocycles. The molecule has 1 heterocycles. The lowest BCUT2D eigenvalue weighted by atomic mass is 10.3. The highest BCUT2D eigenvalue weighted by Gasteiger charge is 2.10. The van der Waals surface area contributed by atoms with Crippen molar-refractivity contribution in [1.29, 1.82) is 0 Å². The number of halogens is 1. The Morgan fingerprint density at radius 2 is 1.76 bits per heavy atom. The zero-order chi connectivity index (χ0) is 11.8. The van der Waals surface area contributed by atoms with Gasteiger partial charge in [-0.25, -0.2) is 3.96 Å². The van der Waals surface area contributed by atoms with E-state index in [-0.39, 0.29) is 5.56 Å². The van der Waals surface area contributed by atoms with Crippen LogP contribution in [0.5, 0.6) is 0 Å². The zero-order valence-electron chi connectivity index (χ0n) is 8.76. The van der Waals surface area contributed by atoms with Crippen LogP contribution in [-0.2, 0) is 0 Å². The molecule has 1 aromatic heterocycles. The van der Waals surface area contributed by atoms with Gasteiger partial charge in [0.1, 0.15) is 0 Å². The summed E-state index contributed by atoms with van der Waals surface area (Å²) in [5, 5.41) is 0.751. The van der Waals surface area contributed by atoms with Crippen LogP contribution in [0.3, 0.4) is 0 Å². The third-order valence-electron chi connectivity index (χ3n) is 2.55. The highest BCUT2D eigenvalue weighted by atomic mass is 79.9. The molecule has 0 radical (unpaired) electrons. The van der Waals surface area contributed by atoms with Gasteiger partial charge in [0.15, 0.2) is 0 Å². The Kier molecular flexibility index (Phi) is 2.61. The molecule has 0 unspecified atom stereocenters. The molecule has 0 aliphatic rings. The van der Waals surface area contributed by atoms with Crippen LogP contribution in [0.2, 0.25) is 0 Å². The summed E-state index contributed by atoms with van der Waals surface area (Å²) in [5.74, 6) is 0. The van der Waals surface area contributed by atoms with Gasteiger partial charge in [-0.05, 0) is 40.2 Å². The maximum Gasteiger partial charge on any atom is 0.274 e. The minimum atomic E-state index is 0.0312. The second-order valence-electron chi connectivity index (χ2n) is 3.64. The first kappa shape index (κ1) is 10.7. The van der Waals surface area contributed by atoms with Crippen LogP contribution in [0.1, 0.15) is 0 Å². The molecule has 2 aromatic carbocycles. The number of para-hydroxylation sites is 1. The number of fused-ring (bicyclic) bond motifs is 1. The molecule has 0 saturated carbocycles. The largest absolute Gasteiger partial charge is 0.274 e. The molecule has 3 rings (SSSR count). The normalized spacial score (nSPS) is 10.9. The average molecular weight is 306 g/mol. The third kappa shape index (κ3) is 1.73. The monoisotopic (exact) mass is 305 g/mol. The second kappa shape index (κ2) is 4.13. The summed E-state index contributed by atoms with van der Waals surface area (Å²) in [6.07, 6.45) is 0. The van der Waals surface area contributed by atoms with Crippen molar-refractivity contribution in [2.24, 2.45) is 0 Å². The molecule has 0 aliphatic carbocycles. The molecule has 3 aromatic rings. The number of hydrogen-bond donors (Lipinski definition) is 0. The van der Waals surface area contributed by atoms with E-state index in [1.165, 1.54) is 11.5 Å². The lowest BCUT2D eigenvalue weighted by Crippen LogP contribution is -2.10. The Hall–Kier alpha value is -1.39. The van der Waals surface area contributed by atoms with Gasteiger partial charge >= 0.3 is 0 Å². The molecule has 17 heavy (non-hydrogen) atoms. The minimum Gasteiger partial charge on any atom is -0.267 e. The molecule has 2 nitrogen and oxygen atoms in total. The topological polar surface area (TPSA) is 22.0 Å². The Bertz CT molecular complexity index is 730. The van der Waals surface area contributed by atoms with Crippen molar-refractivity contribution in [3.8, 4) is 5.69 Å². The van der Waals surface area contributed by atoms with Gasteiger partial charge in [0.05, 0.1) is 15.8 Å². The highest BCUT2D eigenvalue weighted by Crippen LogP contribution is 2.26. The van der Waals surface area contributed by atoms with Crippen LogP contribution in [-0.4, -0.2) is 3.96 Å². The standard InChI is InChI=1S/C13H8BrNOS/c14-10-7-4-8-11-12(10)13(16)15(17-11)9-5-2-1-3-6-9/h1-8H. The molecule has 84 valence electrons. The fourth-order valence-corrected chi connectivity index (χ4v) is 3.46. The van der Waals surface area contributed by atoms with Crippen LogP contribution in [0, 0.1) is 0 Å². The van der Waals surface area contributed by atoms with Gasteiger partial charge in [0, 0.05) is 4.47 Å². The van der Waals surface area contributed by atoms with Crippen LogP contribution in [0.25, 0.3) is 15.8 Å². The lowest BCUT2D eigenvalue weighted by molar-refractivity contribution is 1.14. The van der Waals surface area contributed by atoms with Gasteiger partial charge in [-0.1, -0.05) is 35.8 Å². The van der Waals surface area contributed by atoms with E-state index in [0.717, 1.165) is 20.2 Å². The van der Waals surface area contributed by atoms with E-state index in [2.05, 4.69) is 15.9 Å². The Morgan fingerprint density at radius 3 is 2.47 bits per heavy atom. The Morgan fingerprint density at radius 1 is 1.00 bits per heavy atom. The predicted octanol–water partition coefficient (Wildman–Crippen LogP) is 3.81. The van der Waals surface area contributed by atoms with Gasteiger partial charge in [-0.3, -0.25) is 4.79 Å². The van der Waals surface area contributed by atoms with Crippen LogP contribution >= 0.6 is 27.5 Å². The lowest BCUT2D eigenvalue weighted by Gasteiger charge is -1.97. The fourth-order valence-electron chi connectivity index (χ4n) is 1.76. The molecule has 0 fully saturated rings. The smallest absolute Gasteiger partial charge is 0.267 e. The third-order valence-corrected chi connectivity index (χ3v) is 4.31. The first-order chi connectivity index (χ1) is 8.27. The summed E-state index contributed by atoms with van der Waals surface area (Å²) in [5.41, 5.74) is 0.939. The summed E-state index contributed by atoms with van der Waals surface area (Å²) in [6, 6.07) is 15.5. The van der Waals surface area contributed by atoms with Gasteiger partial charge in [-0.2, -0.15) is 0 Å². The molecule has 0 amide bonds. The summed E-state index contributed by atoms with van der Waals surface area (Å²) >= 11 is 4.89. The summed E-state index contributed by atoms with van der Waals surface area (Å²) in [6.45, 7) is 0. The molecular weight excluding hydrogens is 298 g/mol. The molecule has 0 N–H and O–H groups in total. The maximum atomic E-state index is 12.3. The van der Waals surface area contributed by atoms with Crippen LogP contribution < -0.4 is 5.56 Å². The van der Waals surface area contributed by atoms with E-state index in [1.807, 2.05) is 48.5 Å². The van der Waals surface area contributed by atoms with E-state index < -0.39 is 0 Å². The van der Waals surface area contributed by atoms with E-state index in [0.29, 0.717) is 0 Å². The minimum absolute atomic E-state index is 0.0312. The van der Waals surface area contributed by atoms with E-state index in [9.17, 15) is 4.79 Å². The quantitative estimate of drug-likeness (QED) is 0.670. The molecular formula is C13H8BrNOS. The van der Waals surface area contributed by atoms with Crippen LogP contribution in [0.4, 0.5) is 0 Å². The van der Waals surface area contributed by atoms with E-state index in [4.69, 9.17) is 0 Å². The van der Waals surface area contributed by atoms with Gasteiger partial charge < -0.3 is 0 Å². The number of nitrogens with zero attached hydrogens (tertiary/aromatic N) is 1. The van der Waals surface area contributed by atoms with Crippen LogP contribution in [0.15, 0.2) is 57.8 Å². The highest BCUT2D eigenvalue weighted by molar-refractivity contribution is 9.10. The van der Waals surface area contributed by atoms with E-state index >= 15 is 0 Å². The van der Waals surface area contributed by atoms with Crippen molar-refractivity contribution < 1.29 is 0 Å². The van der Waals surface area contributed by atoms with Gasteiger partial charge in [0.2, 0.25) is 0 Å². The second-order valence-corrected chi connectivity index (χ2v) is 5.48.